The molecule has 0 unspecified atom stereocenters. The Kier molecular flexibility index (Phi) is 9.91. The fraction of sp³-hybridized carbons (Fsp3) is 0.769. The van der Waals surface area contributed by atoms with Crippen molar-refractivity contribution in [3.63, 3.8) is 0 Å². The van der Waals surface area contributed by atoms with Crippen molar-refractivity contribution < 1.29 is 5.11 Å². The summed E-state index contributed by atoms with van der Waals surface area (Å²) in [5.74, 6) is 0.458. The molecule has 0 aliphatic carbocycles. The Balaban J connectivity index is 2.59. The molecule has 0 aliphatic rings. The predicted octanol–water partition coefficient (Wildman–Crippen LogP) is 8.45. The third-order valence-electron chi connectivity index (χ3n) is 5.57. The van der Waals surface area contributed by atoms with Crippen LogP contribution in [-0.4, -0.2) is 5.11 Å². The van der Waals surface area contributed by atoms with Crippen LogP contribution in [0.15, 0.2) is 12.1 Å². The minimum Gasteiger partial charge on any atom is -0.508 e. The summed E-state index contributed by atoms with van der Waals surface area (Å²) >= 11 is 0. The van der Waals surface area contributed by atoms with E-state index < -0.39 is 0 Å². The molecule has 1 heteroatoms. The first-order valence-corrected chi connectivity index (χ1v) is 11.4. The van der Waals surface area contributed by atoms with E-state index in [1.54, 1.807) is 0 Å². The van der Waals surface area contributed by atoms with Crippen LogP contribution in [0.4, 0.5) is 0 Å². The van der Waals surface area contributed by atoms with E-state index in [1.165, 1.54) is 75.3 Å². The van der Waals surface area contributed by atoms with Gasteiger partial charge in [0.15, 0.2) is 0 Å². The van der Waals surface area contributed by atoms with E-state index in [0.29, 0.717) is 5.75 Å². The number of phenols is 1. The van der Waals surface area contributed by atoms with E-state index in [9.17, 15) is 5.11 Å². The van der Waals surface area contributed by atoms with Gasteiger partial charge in [-0.15, -0.1) is 0 Å². The zero-order valence-corrected chi connectivity index (χ0v) is 19.4. The highest BCUT2D eigenvalue weighted by atomic mass is 16.3. The van der Waals surface area contributed by atoms with E-state index >= 15 is 0 Å². The molecule has 0 spiro atoms. The van der Waals surface area contributed by atoms with Gasteiger partial charge >= 0.3 is 0 Å². The molecule has 1 N–H and O–H groups in total. The van der Waals surface area contributed by atoms with Crippen molar-refractivity contribution in [1.82, 2.24) is 0 Å². The van der Waals surface area contributed by atoms with E-state index in [2.05, 4.69) is 54.5 Å². The summed E-state index contributed by atoms with van der Waals surface area (Å²) in [7, 11) is 0. The Hall–Kier alpha value is -0.980. The van der Waals surface area contributed by atoms with Gasteiger partial charge < -0.3 is 5.11 Å². The summed E-state index contributed by atoms with van der Waals surface area (Å²) in [5, 5.41) is 10.6. The average molecular weight is 375 g/mol. The SMILES string of the molecule is CCCCCCCCCCCCc1ccc(O)c(C(C)(C)C)c1C(C)(C)C. The molecule has 156 valence electrons. The normalized spacial score (nSPS) is 12.6. The van der Waals surface area contributed by atoms with Gasteiger partial charge in [-0.3, -0.25) is 0 Å². The maximum Gasteiger partial charge on any atom is 0.119 e. The molecule has 0 radical (unpaired) electrons. The largest absolute Gasteiger partial charge is 0.508 e. The molecule has 0 saturated carbocycles. The lowest BCUT2D eigenvalue weighted by atomic mass is 9.72. The summed E-state index contributed by atoms with van der Waals surface area (Å²) < 4.78 is 0. The molecule has 0 fully saturated rings. The molecule has 27 heavy (non-hydrogen) atoms. The van der Waals surface area contributed by atoms with Crippen molar-refractivity contribution in [1.29, 1.82) is 0 Å². The van der Waals surface area contributed by atoms with Gasteiger partial charge in [0, 0.05) is 5.56 Å². The molecule has 0 saturated heterocycles. The number of benzene rings is 1. The molecule has 1 rings (SSSR count). The standard InChI is InChI=1S/C26H46O/c1-8-9-10-11-12-13-14-15-16-17-18-21-19-20-22(27)24(26(5,6)7)23(21)25(2,3)4/h19-20,27H,8-18H2,1-7H3. The van der Waals surface area contributed by atoms with Crippen molar-refractivity contribution in [2.24, 2.45) is 0 Å². The highest BCUT2D eigenvalue weighted by molar-refractivity contribution is 5.51. The van der Waals surface area contributed by atoms with Crippen molar-refractivity contribution in [3.05, 3.63) is 28.8 Å². The molecule has 1 aromatic rings. The van der Waals surface area contributed by atoms with E-state index in [1.807, 2.05) is 6.07 Å². The second-order valence-corrected chi connectivity index (χ2v) is 10.4. The third-order valence-corrected chi connectivity index (χ3v) is 5.57. The number of aromatic hydroxyl groups is 1. The van der Waals surface area contributed by atoms with Gasteiger partial charge in [0.1, 0.15) is 5.75 Å². The van der Waals surface area contributed by atoms with Crippen LogP contribution in [-0.2, 0) is 17.3 Å². The lowest BCUT2D eigenvalue weighted by Crippen LogP contribution is -2.24. The van der Waals surface area contributed by atoms with Crippen LogP contribution in [0.2, 0.25) is 0 Å². The van der Waals surface area contributed by atoms with Gasteiger partial charge in [0.05, 0.1) is 0 Å². The van der Waals surface area contributed by atoms with Crippen molar-refractivity contribution >= 4 is 0 Å². The second-order valence-electron chi connectivity index (χ2n) is 10.4. The molecule has 1 aromatic carbocycles. The van der Waals surface area contributed by atoms with Crippen LogP contribution >= 0.6 is 0 Å². The number of hydrogen-bond acceptors (Lipinski definition) is 1. The number of phenolic OH excluding ortho intramolecular Hbond substituents is 1. The average Bonchev–Trinajstić information content (AvgIpc) is 2.55. The van der Waals surface area contributed by atoms with Gasteiger partial charge in [-0.1, -0.05) is 112 Å². The fourth-order valence-electron chi connectivity index (χ4n) is 4.26. The molecule has 0 atom stereocenters. The predicted molar refractivity (Wildman–Crippen MR) is 121 cm³/mol. The monoisotopic (exact) mass is 374 g/mol. The summed E-state index contributed by atoms with van der Waals surface area (Å²) in [5.41, 5.74) is 3.95. The van der Waals surface area contributed by atoms with Crippen LogP contribution in [0.1, 0.15) is 129 Å². The maximum atomic E-state index is 10.6. The Morgan fingerprint density at radius 3 is 1.52 bits per heavy atom. The second kappa shape index (κ2) is 11.1. The molecule has 0 aromatic heterocycles. The fourth-order valence-corrected chi connectivity index (χ4v) is 4.26. The highest BCUT2D eigenvalue weighted by Crippen LogP contribution is 2.41. The smallest absolute Gasteiger partial charge is 0.119 e. The minimum absolute atomic E-state index is 0.0412. The van der Waals surface area contributed by atoms with Gasteiger partial charge in [-0.25, -0.2) is 0 Å². The molecule has 0 aliphatic heterocycles. The number of rotatable bonds is 11. The Morgan fingerprint density at radius 2 is 1.07 bits per heavy atom. The van der Waals surface area contributed by atoms with Crippen LogP contribution in [0.3, 0.4) is 0 Å². The number of unbranched alkanes of at least 4 members (excludes halogenated alkanes) is 9. The van der Waals surface area contributed by atoms with Crippen LogP contribution in [0, 0.1) is 0 Å². The third kappa shape index (κ3) is 8.28. The summed E-state index contributed by atoms with van der Waals surface area (Å²) in [6.07, 6.45) is 14.9. The zero-order chi connectivity index (χ0) is 20.5. The van der Waals surface area contributed by atoms with E-state index in [-0.39, 0.29) is 10.8 Å². The summed E-state index contributed by atoms with van der Waals surface area (Å²) in [6.45, 7) is 15.7. The first-order chi connectivity index (χ1) is 12.6. The molecule has 0 bridgehead atoms. The first-order valence-electron chi connectivity index (χ1n) is 11.4. The van der Waals surface area contributed by atoms with Crippen molar-refractivity contribution in [3.8, 4) is 5.75 Å². The number of aryl methyl sites for hydroxylation is 1. The Bertz CT molecular complexity index is 543. The minimum atomic E-state index is -0.0412. The lowest BCUT2D eigenvalue weighted by Gasteiger charge is -2.33. The summed E-state index contributed by atoms with van der Waals surface area (Å²) in [6, 6.07) is 4.08. The topological polar surface area (TPSA) is 20.2 Å². The zero-order valence-electron chi connectivity index (χ0n) is 19.4. The quantitative estimate of drug-likeness (QED) is 0.385. The van der Waals surface area contributed by atoms with E-state index in [4.69, 9.17) is 0 Å². The maximum absolute atomic E-state index is 10.6. The molecular formula is C26H46O. The van der Waals surface area contributed by atoms with Gasteiger partial charge in [0.2, 0.25) is 0 Å². The van der Waals surface area contributed by atoms with Gasteiger partial charge in [-0.05, 0) is 40.9 Å². The van der Waals surface area contributed by atoms with Crippen LogP contribution in [0.25, 0.3) is 0 Å². The van der Waals surface area contributed by atoms with Crippen molar-refractivity contribution in [2.45, 2.75) is 130 Å². The lowest BCUT2D eigenvalue weighted by molar-refractivity contribution is 0.433. The molecule has 1 nitrogen and oxygen atoms in total. The Labute approximate surface area is 170 Å². The van der Waals surface area contributed by atoms with Crippen LogP contribution < -0.4 is 0 Å². The van der Waals surface area contributed by atoms with Gasteiger partial charge in [-0.2, -0.15) is 0 Å². The molecule has 0 heterocycles. The number of hydrogen-bond donors (Lipinski definition) is 1. The van der Waals surface area contributed by atoms with Crippen molar-refractivity contribution in [2.75, 3.05) is 0 Å². The Morgan fingerprint density at radius 1 is 0.630 bits per heavy atom. The van der Waals surface area contributed by atoms with E-state index in [0.717, 1.165) is 12.0 Å². The van der Waals surface area contributed by atoms with Crippen LogP contribution in [0.5, 0.6) is 5.75 Å². The molecular weight excluding hydrogens is 328 g/mol. The highest BCUT2D eigenvalue weighted by Gasteiger charge is 2.30. The molecule has 0 amide bonds. The summed E-state index contributed by atoms with van der Waals surface area (Å²) in [4.78, 5) is 0. The van der Waals surface area contributed by atoms with Gasteiger partial charge in [0.25, 0.3) is 0 Å². The first kappa shape index (κ1) is 24.1.